The average molecular weight is 192 g/mol. The van der Waals surface area contributed by atoms with Crippen molar-refractivity contribution < 1.29 is 18.7 Å². The second-order valence-electron chi connectivity index (χ2n) is 2.56. The van der Waals surface area contributed by atoms with E-state index in [-0.39, 0.29) is 6.61 Å². The molecule has 3 nitrogen and oxygen atoms in total. The predicted octanol–water partition coefficient (Wildman–Crippen LogP) is 1.70. The molecule has 0 spiro atoms. The van der Waals surface area contributed by atoms with E-state index in [1.165, 1.54) is 0 Å². The van der Waals surface area contributed by atoms with E-state index in [9.17, 15) is 9.18 Å². The summed E-state index contributed by atoms with van der Waals surface area (Å²) in [7, 11) is 0. The van der Waals surface area contributed by atoms with Crippen LogP contribution in [0.2, 0.25) is 0 Å². The van der Waals surface area contributed by atoms with Crippen LogP contribution < -0.4 is 0 Å². The van der Waals surface area contributed by atoms with E-state index in [2.05, 4.69) is 4.74 Å². The van der Waals surface area contributed by atoms with Gasteiger partial charge in [0.15, 0.2) is 0 Å². The number of carbonyl (C=O) groups excluding carboxylic acids is 1. The molecule has 0 aromatic heterocycles. The zero-order valence-corrected chi connectivity index (χ0v) is 8.38. The third-order valence-electron chi connectivity index (χ3n) is 1.62. The Morgan fingerprint density at radius 2 is 1.92 bits per heavy atom. The van der Waals surface area contributed by atoms with Crippen molar-refractivity contribution in [1.29, 1.82) is 0 Å². The summed E-state index contributed by atoms with van der Waals surface area (Å²) < 4.78 is 22.8. The van der Waals surface area contributed by atoms with Gasteiger partial charge in [0.25, 0.3) is 0 Å². The topological polar surface area (TPSA) is 35.5 Å². The number of hydrogen-bond donors (Lipinski definition) is 0. The van der Waals surface area contributed by atoms with Crippen LogP contribution in [0.4, 0.5) is 4.39 Å². The van der Waals surface area contributed by atoms with E-state index < -0.39 is 18.2 Å². The molecule has 0 rings (SSSR count). The SMILES string of the molecule is CCOC(=O)C(F)C(CC)OCC. The second kappa shape index (κ2) is 6.83. The summed E-state index contributed by atoms with van der Waals surface area (Å²) in [4.78, 5) is 10.9. The highest BCUT2D eigenvalue weighted by atomic mass is 19.1. The summed E-state index contributed by atoms with van der Waals surface area (Å²) in [6.45, 7) is 5.78. The lowest BCUT2D eigenvalue weighted by molar-refractivity contribution is -0.155. The van der Waals surface area contributed by atoms with E-state index >= 15 is 0 Å². The van der Waals surface area contributed by atoms with Gasteiger partial charge in [-0.3, -0.25) is 0 Å². The first-order chi connectivity index (χ1) is 6.17. The average Bonchev–Trinajstić information content (AvgIpc) is 2.13. The number of rotatable bonds is 6. The summed E-state index contributed by atoms with van der Waals surface area (Å²) in [6, 6.07) is 0. The normalized spacial score (nSPS) is 15.1. The molecule has 0 N–H and O–H groups in total. The lowest BCUT2D eigenvalue weighted by Crippen LogP contribution is -2.33. The maximum atomic E-state index is 13.2. The predicted molar refractivity (Wildman–Crippen MR) is 47.2 cm³/mol. The van der Waals surface area contributed by atoms with Gasteiger partial charge in [-0.25, -0.2) is 9.18 Å². The maximum absolute atomic E-state index is 13.2. The molecule has 78 valence electrons. The largest absolute Gasteiger partial charge is 0.464 e. The van der Waals surface area contributed by atoms with Gasteiger partial charge in [0.2, 0.25) is 6.17 Å². The zero-order chi connectivity index (χ0) is 10.3. The van der Waals surface area contributed by atoms with Gasteiger partial charge < -0.3 is 9.47 Å². The summed E-state index contributed by atoms with van der Waals surface area (Å²) in [5, 5.41) is 0. The quantitative estimate of drug-likeness (QED) is 0.601. The van der Waals surface area contributed by atoms with Crippen molar-refractivity contribution in [2.45, 2.75) is 39.5 Å². The smallest absolute Gasteiger partial charge is 0.343 e. The minimum atomic E-state index is -1.66. The lowest BCUT2D eigenvalue weighted by atomic mass is 10.2. The van der Waals surface area contributed by atoms with Crippen LogP contribution in [0.5, 0.6) is 0 Å². The van der Waals surface area contributed by atoms with Gasteiger partial charge in [0, 0.05) is 6.61 Å². The second-order valence-corrected chi connectivity index (χ2v) is 2.56. The Balaban J connectivity index is 4.02. The van der Waals surface area contributed by atoms with Crippen molar-refractivity contribution in [2.24, 2.45) is 0 Å². The molecule has 0 fully saturated rings. The number of carbonyl (C=O) groups is 1. The number of hydrogen-bond acceptors (Lipinski definition) is 3. The first-order valence-corrected chi connectivity index (χ1v) is 4.59. The maximum Gasteiger partial charge on any atom is 0.343 e. The summed E-state index contributed by atoms with van der Waals surface area (Å²) in [6.07, 6.45) is -1.87. The number of ether oxygens (including phenoxy) is 2. The number of halogens is 1. The minimum absolute atomic E-state index is 0.196. The zero-order valence-electron chi connectivity index (χ0n) is 8.38. The standard InChI is InChI=1S/C9H17FO3/c1-4-7(12-5-2)8(10)9(11)13-6-3/h7-8H,4-6H2,1-3H3. The highest BCUT2D eigenvalue weighted by Gasteiger charge is 2.28. The fraction of sp³-hybridized carbons (Fsp3) is 0.889. The van der Waals surface area contributed by atoms with Crippen molar-refractivity contribution in [3.8, 4) is 0 Å². The summed E-state index contributed by atoms with van der Waals surface area (Å²) in [5.41, 5.74) is 0. The van der Waals surface area contributed by atoms with Gasteiger partial charge in [0.1, 0.15) is 0 Å². The summed E-state index contributed by atoms with van der Waals surface area (Å²) >= 11 is 0. The number of esters is 1. The molecule has 0 heterocycles. The summed E-state index contributed by atoms with van der Waals surface area (Å²) in [5.74, 6) is -0.831. The molecule has 0 amide bonds. The van der Waals surface area contributed by atoms with Crippen molar-refractivity contribution in [2.75, 3.05) is 13.2 Å². The van der Waals surface area contributed by atoms with Crippen molar-refractivity contribution >= 4 is 5.97 Å². The molecule has 4 heteroatoms. The molecule has 0 aromatic carbocycles. The first kappa shape index (κ1) is 12.4. The Morgan fingerprint density at radius 1 is 1.31 bits per heavy atom. The van der Waals surface area contributed by atoms with Crippen LogP contribution in [0.3, 0.4) is 0 Å². The van der Waals surface area contributed by atoms with E-state index in [4.69, 9.17) is 4.74 Å². The Morgan fingerprint density at radius 3 is 2.31 bits per heavy atom. The van der Waals surface area contributed by atoms with E-state index in [1.807, 2.05) is 0 Å². The van der Waals surface area contributed by atoms with Crippen molar-refractivity contribution in [3.63, 3.8) is 0 Å². The Labute approximate surface area is 78.2 Å². The van der Waals surface area contributed by atoms with Crippen LogP contribution in [0.25, 0.3) is 0 Å². The van der Waals surface area contributed by atoms with Crippen LogP contribution in [0.15, 0.2) is 0 Å². The highest BCUT2D eigenvalue weighted by Crippen LogP contribution is 2.09. The molecule has 0 aliphatic carbocycles. The molecule has 0 aliphatic rings. The third kappa shape index (κ3) is 4.22. The number of alkyl halides is 1. The van der Waals surface area contributed by atoms with Crippen molar-refractivity contribution in [1.82, 2.24) is 0 Å². The molecule has 0 aliphatic heterocycles. The molecule has 0 radical (unpaired) electrons. The molecule has 2 atom stereocenters. The molecular weight excluding hydrogens is 175 g/mol. The Kier molecular flexibility index (Phi) is 6.49. The van der Waals surface area contributed by atoms with Gasteiger partial charge in [-0.2, -0.15) is 0 Å². The van der Waals surface area contributed by atoms with Crippen LogP contribution in [0.1, 0.15) is 27.2 Å². The van der Waals surface area contributed by atoms with Crippen LogP contribution in [0, 0.1) is 0 Å². The van der Waals surface area contributed by atoms with Gasteiger partial charge in [-0.1, -0.05) is 6.92 Å². The Hall–Kier alpha value is -0.640. The Bertz CT molecular complexity index is 150. The fourth-order valence-corrected chi connectivity index (χ4v) is 0.997. The van der Waals surface area contributed by atoms with E-state index in [0.29, 0.717) is 13.0 Å². The molecule has 0 saturated carbocycles. The fourth-order valence-electron chi connectivity index (χ4n) is 0.997. The van der Waals surface area contributed by atoms with Crippen LogP contribution in [-0.2, 0) is 14.3 Å². The lowest BCUT2D eigenvalue weighted by Gasteiger charge is -2.17. The van der Waals surface area contributed by atoms with Gasteiger partial charge in [-0.05, 0) is 20.3 Å². The van der Waals surface area contributed by atoms with Gasteiger partial charge in [0.05, 0.1) is 12.7 Å². The third-order valence-corrected chi connectivity index (χ3v) is 1.62. The van der Waals surface area contributed by atoms with Crippen molar-refractivity contribution in [3.05, 3.63) is 0 Å². The highest BCUT2D eigenvalue weighted by molar-refractivity contribution is 5.75. The van der Waals surface area contributed by atoms with Gasteiger partial charge >= 0.3 is 5.97 Å². The minimum Gasteiger partial charge on any atom is -0.464 e. The van der Waals surface area contributed by atoms with E-state index in [0.717, 1.165) is 0 Å². The van der Waals surface area contributed by atoms with Crippen LogP contribution in [-0.4, -0.2) is 31.5 Å². The van der Waals surface area contributed by atoms with E-state index in [1.54, 1.807) is 20.8 Å². The monoisotopic (exact) mass is 192 g/mol. The first-order valence-electron chi connectivity index (χ1n) is 4.59. The molecule has 2 unspecified atom stereocenters. The van der Waals surface area contributed by atoms with Crippen LogP contribution >= 0.6 is 0 Å². The molecule has 0 aromatic rings. The van der Waals surface area contributed by atoms with Gasteiger partial charge in [-0.15, -0.1) is 0 Å². The molecule has 0 bridgehead atoms. The molecule has 0 saturated heterocycles. The molecule has 13 heavy (non-hydrogen) atoms. The molecular formula is C9H17FO3.